The van der Waals surface area contributed by atoms with Crippen LogP contribution in [0.25, 0.3) is 11.1 Å². The van der Waals surface area contributed by atoms with Crippen LogP contribution in [0.3, 0.4) is 0 Å². The number of carboxylic acid groups (broad SMARTS) is 1. The van der Waals surface area contributed by atoms with E-state index in [0.717, 1.165) is 18.5 Å². The summed E-state index contributed by atoms with van der Waals surface area (Å²) in [4.78, 5) is 25.9. The van der Waals surface area contributed by atoms with E-state index in [-0.39, 0.29) is 17.9 Å². The van der Waals surface area contributed by atoms with Gasteiger partial charge in [0.25, 0.3) is 5.91 Å². The van der Waals surface area contributed by atoms with E-state index in [1.165, 1.54) is 33.4 Å². The number of nitrogens with one attached hydrogen (secondary N) is 1. The second-order valence-electron chi connectivity index (χ2n) is 10.6. The van der Waals surface area contributed by atoms with Crippen molar-refractivity contribution in [2.24, 2.45) is 5.92 Å². The largest absolute Gasteiger partial charge is 0.481 e. The van der Waals surface area contributed by atoms with Gasteiger partial charge in [0.1, 0.15) is 0 Å². The average Bonchev–Trinajstić information content (AvgIpc) is 2.88. The summed E-state index contributed by atoms with van der Waals surface area (Å²) in [6, 6.07) is 8.46. The maximum absolute atomic E-state index is 12.8. The molecule has 0 atom stereocenters. The van der Waals surface area contributed by atoms with Gasteiger partial charge < -0.3 is 15.3 Å². The van der Waals surface area contributed by atoms with Gasteiger partial charge in [-0.2, -0.15) is 0 Å². The Morgan fingerprint density at radius 1 is 1.10 bits per heavy atom. The van der Waals surface area contributed by atoms with Crippen molar-refractivity contribution in [2.75, 3.05) is 0 Å². The number of benzene rings is 1. The third-order valence-corrected chi connectivity index (χ3v) is 7.40. The van der Waals surface area contributed by atoms with Crippen molar-refractivity contribution < 1.29 is 14.7 Å². The lowest BCUT2D eigenvalue weighted by Crippen LogP contribution is -2.47. The molecule has 1 aromatic carbocycles. The zero-order chi connectivity index (χ0) is 28.7. The fourth-order valence-electron chi connectivity index (χ4n) is 4.95. The summed E-state index contributed by atoms with van der Waals surface area (Å²) in [6.45, 7) is 17.0. The highest BCUT2D eigenvalue weighted by Gasteiger charge is 2.35. The van der Waals surface area contributed by atoms with E-state index in [9.17, 15) is 9.59 Å². The summed E-state index contributed by atoms with van der Waals surface area (Å²) in [5.41, 5.74) is 9.60. The standard InChI is InChI=1S/C34H42N2O3/c1-8-12-30(32-14-11-10-13-31(32)29(23(5)9-2)16-15-22(3)4)25(7)36-18-17-26(19-24(36)6)33(37)35-28-20-27(21-28)34(38)39/h9-11,13-19,27-28H,6,8,12,20-21H2,1-5,7H3,(H,35,37)(H,38,39)/b23-9-,29-16+,30-25+. The van der Waals surface area contributed by atoms with Crippen LogP contribution < -0.4 is 5.32 Å². The molecule has 1 aliphatic carbocycles. The van der Waals surface area contributed by atoms with Crippen molar-refractivity contribution >= 4 is 23.0 Å². The summed E-state index contributed by atoms with van der Waals surface area (Å²) in [7, 11) is 0. The van der Waals surface area contributed by atoms with Crippen LogP contribution in [-0.4, -0.2) is 27.9 Å². The van der Waals surface area contributed by atoms with E-state index in [4.69, 9.17) is 5.11 Å². The van der Waals surface area contributed by atoms with E-state index in [0.29, 0.717) is 24.1 Å². The van der Waals surface area contributed by atoms with E-state index in [1.807, 2.05) is 11.1 Å². The van der Waals surface area contributed by atoms with Gasteiger partial charge in [0.15, 0.2) is 0 Å². The maximum Gasteiger partial charge on any atom is 0.306 e. The van der Waals surface area contributed by atoms with Gasteiger partial charge in [0, 0.05) is 29.2 Å². The highest BCUT2D eigenvalue weighted by Crippen LogP contribution is 2.36. The van der Waals surface area contributed by atoms with E-state index >= 15 is 0 Å². The Labute approximate surface area is 233 Å². The molecule has 0 aromatic heterocycles. The molecule has 0 bridgehead atoms. The summed E-state index contributed by atoms with van der Waals surface area (Å²) in [5, 5.41) is 12.0. The molecule has 206 valence electrons. The number of hydrogen-bond donors (Lipinski definition) is 2. The first-order chi connectivity index (χ1) is 18.6. The molecule has 39 heavy (non-hydrogen) atoms. The van der Waals surface area contributed by atoms with Crippen molar-refractivity contribution in [1.82, 2.24) is 10.2 Å². The summed E-state index contributed by atoms with van der Waals surface area (Å²) in [6.07, 6.45) is 14.9. The highest BCUT2D eigenvalue weighted by molar-refractivity contribution is 5.97. The monoisotopic (exact) mass is 526 g/mol. The van der Waals surface area contributed by atoms with Gasteiger partial charge in [-0.3, -0.25) is 9.59 Å². The van der Waals surface area contributed by atoms with Crippen LogP contribution in [0.5, 0.6) is 0 Å². The third-order valence-electron chi connectivity index (χ3n) is 7.40. The molecule has 5 heteroatoms. The molecule has 0 radical (unpaired) electrons. The molecule has 2 aliphatic rings. The third kappa shape index (κ3) is 7.17. The number of nitrogens with zero attached hydrogens (tertiary/aromatic N) is 1. The Morgan fingerprint density at radius 2 is 1.77 bits per heavy atom. The van der Waals surface area contributed by atoms with Crippen LogP contribution in [0, 0.1) is 5.92 Å². The Bertz CT molecular complexity index is 1310. The fraction of sp³-hybridized carbons (Fsp3) is 0.353. The number of allylic oxidation sites excluding steroid dienone is 9. The molecule has 0 saturated heterocycles. The molecule has 1 saturated carbocycles. The number of rotatable bonds is 10. The molecular weight excluding hydrogens is 484 g/mol. The molecule has 1 aliphatic heterocycles. The second kappa shape index (κ2) is 13.3. The number of carbonyl (C=O) groups excluding carboxylic acids is 1. The van der Waals surface area contributed by atoms with Gasteiger partial charge in [-0.25, -0.2) is 0 Å². The van der Waals surface area contributed by atoms with Gasteiger partial charge >= 0.3 is 5.97 Å². The van der Waals surface area contributed by atoms with Crippen LogP contribution in [0.15, 0.2) is 95.5 Å². The van der Waals surface area contributed by atoms with Crippen molar-refractivity contribution in [2.45, 2.75) is 73.3 Å². The first kappa shape index (κ1) is 29.7. The number of amides is 1. The predicted octanol–water partition coefficient (Wildman–Crippen LogP) is 7.78. The second-order valence-corrected chi connectivity index (χ2v) is 10.6. The summed E-state index contributed by atoms with van der Waals surface area (Å²) in [5.74, 6) is -1.36. The van der Waals surface area contributed by atoms with Gasteiger partial charge in [0.2, 0.25) is 0 Å². The first-order valence-electron chi connectivity index (χ1n) is 13.8. The molecule has 1 aromatic rings. The van der Waals surface area contributed by atoms with Crippen molar-refractivity contribution in [3.8, 4) is 0 Å². The van der Waals surface area contributed by atoms with Crippen LogP contribution >= 0.6 is 0 Å². The van der Waals surface area contributed by atoms with E-state index in [2.05, 4.69) is 95.9 Å². The minimum absolute atomic E-state index is 0.0947. The quantitative estimate of drug-likeness (QED) is 0.305. The minimum Gasteiger partial charge on any atom is -0.481 e. The van der Waals surface area contributed by atoms with Crippen LogP contribution in [0.2, 0.25) is 0 Å². The molecule has 1 fully saturated rings. The molecule has 3 rings (SSSR count). The summed E-state index contributed by atoms with van der Waals surface area (Å²) < 4.78 is 0. The van der Waals surface area contributed by atoms with Crippen LogP contribution in [0.1, 0.15) is 78.4 Å². The lowest BCUT2D eigenvalue weighted by atomic mass is 9.80. The Hall–Kier alpha value is -3.86. The summed E-state index contributed by atoms with van der Waals surface area (Å²) >= 11 is 0. The van der Waals surface area contributed by atoms with Crippen LogP contribution in [-0.2, 0) is 9.59 Å². The molecule has 5 nitrogen and oxygen atoms in total. The normalized spacial score (nSPS) is 20.1. The molecule has 2 N–H and O–H groups in total. The van der Waals surface area contributed by atoms with Gasteiger partial charge in [0.05, 0.1) is 5.92 Å². The Morgan fingerprint density at radius 3 is 2.33 bits per heavy atom. The fourth-order valence-corrected chi connectivity index (χ4v) is 4.95. The smallest absolute Gasteiger partial charge is 0.306 e. The zero-order valence-corrected chi connectivity index (χ0v) is 24.2. The molecule has 0 unspecified atom stereocenters. The first-order valence-corrected chi connectivity index (χ1v) is 13.8. The van der Waals surface area contributed by atoms with Gasteiger partial charge in [-0.15, -0.1) is 0 Å². The van der Waals surface area contributed by atoms with Gasteiger partial charge in [-0.1, -0.05) is 68.0 Å². The van der Waals surface area contributed by atoms with Crippen molar-refractivity contribution in [3.05, 3.63) is 107 Å². The van der Waals surface area contributed by atoms with E-state index in [1.54, 1.807) is 12.2 Å². The topological polar surface area (TPSA) is 69.6 Å². The zero-order valence-electron chi connectivity index (χ0n) is 24.2. The maximum atomic E-state index is 12.8. The Balaban J connectivity index is 1.93. The number of carbonyl (C=O) groups is 2. The molecule has 1 heterocycles. The highest BCUT2D eigenvalue weighted by atomic mass is 16.4. The van der Waals surface area contributed by atoms with Crippen LogP contribution in [0.4, 0.5) is 0 Å². The number of aliphatic carboxylic acids is 1. The SMILES string of the molecule is C=C1C=C(C(=O)NC2CC(C(=O)O)C2)C=CN1/C(C)=C(\CCC)c1ccccc1C(=C/C=C(C)C)/C(C)=C\C. The van der Waals surface area contributed by atoms with Crippen molar-refractivity contribution in [3.63, 3.8) is 0 Å². The molecular formula is C34H42N2O3. The molecule has 1 amide bonds. The van der Waals surface area contributed by atoms with E-state index < -0.39 is 5.97 Å². The average molecular weight is 527 g/mol. The molecule has 0 spiro atoms. The lowest BCUT2D eigenvalue weighted by molar-refractivity contribution is -0.146. The van der Waals surface area contributed by atoms with Gasteiger partial charge in [-0.05, 0) is 93.9 Å². The number of hydrogen-bond acceptors (Lipinski definition) is 3. The number of carboxylic acids is 1. The minimum atomic E-state index is -0.798. The van der Waals surface area contributed by atoms with Crippen molar-refractivity contribution in [1.29, 1.82) is 0 Å². The predicted molar refractivity (Wildman–Crippen MR) is 161 cm³/mol. The lowest BCUT2D eigenvalue weighted by Gasteiger charge is -2.33. The Kier molecular flexibility index (Phi) is 10.1.